The van der Waals surface area contributed by atoms with E-state index in [0.717, 1.165) is 11.4 Å². The molecule has 1 heterocycles. The number of aromatic nitrogens is 1. The van der Waals surface area contributed by atoms with Crippen LogP contribution in [0.3, 0.4) is 0 Å². The SMILES string of the molecule is Cc1ncccc1NC(N)=NC(C)(C)C. The van der Waals surface area contributed by atoms with Crippen molar-refractivity contribution < 1.29 is 0 Å². The van der Waals surface area contributed by atoms with Gasteiger partial charge in [-0.1, -0.05) is 0 Å². The average molecular weight is 206 g/mol. The van der Waals surface area contributed by atoms with Crippen LogP contribution in [0.2, 0.25) is 0 Å². The van der Waals surface area contributed by atoms with Gasteiger partial charge in [0.15, 0.2) is 5.96 Å². The molecule has 15 heavy (non-hydrogen) atoms. The van der Waals surface area contributed by atoms with E-state index in [-0.39, 0.29) is 5.54 Å². The zero-order chi connectivity index (χ0) is 11.5. The lowest BCUT2D eigenvalue weighted by molar-refractivity contribution is 0.583. The molecular formula is C11H18N4. The molecule has 0 bridgehead atoms. The van der Waals surface area contributed by atoms with E-state index in [4.69, 9.17) is 5.73 Å². The molecule has 1 aromatic rings. The highest BCUT2D eigenvalue weighted by atomic mass is 15.1. The number of guanidine groups is 1. The molecular weight excluding hydrogens is 188 g/mol. The van der Waals surface area contributed by atoms with E-state index in [1.165, 1.54) is 0 Å². The fourth-order valence-corrected chi connectivity index (χ4v) is 1.14. The molecule has 1 rings (SSSR count). The van der Waals surface area contributed by atoms with E-state index in [1.54, 1.807) is 6.20 Å². The molecule has 0 radical (unpaired) electrons. The second-order valence-corrected chi connectivity index (χ2v) is 4.43. The molecule has 0 unspecified atom stereocenters. The fraction of sp³-hybridized carbons (Fsp3) is 0.455. The number of pyridine rings is 1. The Morgan fingerprint density at radius 3 is 2.67 bits per heavy atom. The minimum absolute atomic E-state index is 0.173. The maximum Gasteiger partial charge on any atom is 0.193 e. The van der Waals surface area contributed by atoms with Gasteiger partial charge < -0.3 is 11.1 Å². The molecule has 0 saturated heterocycles. The number of hydrogen-bond acceptors (Lipinski definition) is 2. The Balaban J connectivity index is 2.79. The van der Waals surface area contributed by atoms with Crippen LogP contribution in [0, 0.1) is 6.92 Å². The average Bonchev–Trinajstić information content (AvgIpc) is 2.05. The van der Waals surface area contributed by atoms with Crippen molar-refractivity contribution in [1.82, 2.24) is 4.98 Å². The Bertz CT molecular complexity index is 363. The van der Waals surface area contributed by atoms with Gasteiger partial charge >= 0.3 is 0 Å². The first-order valence-electron chi connectivity index (χ1n) is 4.92. The van der Waals surface area contributed by atoms with Gasteiger partial charge in [-0.2, -0.15) is 0 Å². The molecule has 82 valence electrons. The van der Waals surface area contributed by atoms with Gasteiger partial charge in [0.1, 0.15) is 0 Å². The molecule has 0 aliphatic heterocycles. The molecule has 0 saturated carbocycles. The number of aliphatic imine (C=N–C) groups is 1. The third kappa shape index (κ3) is 3.97. The normalized spacial score (nSPS) is 12.7. The third-order valence-corrected chi connectivity index (χ3v) is 1.73. The summed E-state index contributed by atoms with van der Waals surface area (Å²) in [5, 5.41) is 3.03. The Morgan fingerprint density at radius 2 is 2.13 bits per heavy atom. The predicted octanol–water partition coefficient (Wildman–Crippen LogP) is 1.92. The van der Waals surface area contributed by atoms with Crippen molar-refractivity contribution in [2.75, 3.05) is 5.32 Å². The lowest BCUT2D eigenvalue weighted by atomic mass is 10.1. The van der Waals surface area contributed by atoms with Gasteiger partial charge in [0.2, 0.25) is 0 Å². The van der Waals surface area contributed by atoms with Crippen molar-refractivity contribution in [3.05, 3.63) is 24.0 Å². The van der Waals surface area contributed by atoms with Crippen molar-refractivity contribution in [3.8, 4) is 0 Å². The molecule has 3 N–H and O–H groups in total. The summed E-state index contributed by atoms with van der Waals surface area (Å²) in [4.78, 5) is 8.46. The van der Waals surface area contributed by atoms with Crippen molar-refractivity contribution >= 4 is 11.6 Å². The quantitative estimate of drug-likeness (QED) is 0.545. The van der Waals surface area contributed by atoms with Gasteiger partial charge in [-0.15, -0.1) is 0 Å². The van der Waals surface area contributed by atoms with E-state index < -0.39 is 0 Å². The molecule has 1 aromatic heterocycles. The number of nitrogens with two attached hydrogens (primary N) is 1. The summed E-state index contributed by atoms with van der Waals surface area (Å²) in [5.74, 6) is 0.415. The third-order valence-electron chi connectivity index (χ3n) is 1.73. The molecule has 0 spiro atoms. The standard InChI is InChI=1S/C11H18N4/c1-8-9(6-5-7-13-8)14-10(12)15-11(2,3)4/h5-7H,1-4H3,(H3,12,14,15). The van der Waals surface area contributed by atoms with Gasteiger partial charge in [0.05, 0.1) is 16.9 Å². The van der Waals surface area contributed by atoms with E-state index in [2.05, 4.69) is 15.3 Å². The molecule has 0 atom stereocenters. The zero-order valence-electron chi connectivity index (χ0n) is 9.70. The summed E-state index contributed by atoms with van der Waals surface area (Å²) >= 11 is 0. The Hall–Kier alpha value is -1.58. The highest BCUT2D eigenvalue weighted by Gasteiger charge is 2.08. The number of nitrogens with one attached hydrogen (secondary N) is 1. The molecule has 0 amide bonds. The Kier molecular flexibility index (Phi) is 3.29. The molecule has 0 aliphatic rings. The van der Waals surface area contributed by atoms with Crippen LogP contribution in [0.5, 0.6) is 0 Å². The molecule has 4 nitrogen and oxygen atoms in total. The fourth-order valence-electron chi connectivity index (χ4n) is 1.14. The van der Waals surface area contributed by atoms with Crippen LogP contribution in [0.15, 0.2) is 23.3 Å². The minimum atomic E-state index is -0.173. The van der Waals surface area contributed by atoms with Crippen molar-refractivity contribution in [2.45, 2.75) is 33.2 Å². The number of nitrogens with zero attached hydrogens (tertiary/aromatic N) is 2. The van der Waals surface area contributed by atoms with Crippen LogP contribution < -0.4 is 11.1 Å². The van der Waals surface area contributed by atoms with Crippen molar-refractivity contribution in [1.29, 1.82) is 0 Å². The van der Waals surface area contributed by atoms with Gasteiger partial charge in [0, 0.05) is 6.20 Å². The summed E-state index contributed by atoms with van der Waals surface area (Å²) in [6.45, 7) is 7.92. The molecule has 0 fully saturated rings. The zero-order valence-corrected chi connectivity index (χ0v) is 9.70. The summed E-state index contributed by atoms with van der Waals surface area (Å²) in [5.41, 5.74) is 7.40. The van der Waals surface area contributed by atoms with E-state index in [1.807, 2.05) is 39.8 Å². The van der Waals surface area contributed by atoms with Gasteiger partial charge in [-0.05, 0) is 39.8 Å². The lowest BCUT2D eigenvalue weighted by Gasteiger charge is -2.15. The van der Waals surface area contributed by atoms with Crippen LogP contribution in [0.4, 0.5) is 5.69 Å². The smallest absolute Gasteiger partial charge is 0.193 e. The van der Waals surface area contributed by atoms with Crippen LogP contribution in [0.25, 0.3) is 0 Å². The van der Waals surface area contributed by atoms with Gasteiger partial charge in [0.25, 0.3) is 0 Å². The Labute approximate surface area is 90.6 Å². The monoisotopic (exact) mass is 206 g/mol. The summed E-state index contributed by atoms with van der Waals surface area (Å²) < 4.78 is 0. The topological polar surface area (TPSA) is 63.3 Å². The predicted molar refractivity (Wildman–Crippen MR) is 64.0 cm³/mol. The van der Waals surface area contributed by atoms with Crippen LogP contribution >= 0.6 is 0 Å². The van der Waals surface area contributed by atoms with Crippen molar-refractivity contribution in [3.63, 3.8) is 0 Å². The molecule has 0 aliphatic carbocycles. The van der Waals surface area contributed by atoms with Gasteiger partial charge in [-0.3, -0.25) is 4.98 Å². The van der Waals surface area contributed by atoms with Crippen LogP contribution in [-0.2, 0) is 0 Å². The first-order valence-corrected chi connectivity index (χ1v) is 4.92. The first-order chi connectivity index (χ1) is 6.88. The largest absolute Gasteiger partial charge is 0.370 e. The highest BCUT2D eigenvalue weighted by Crippen LogP contribution is 2.11. The summed E-state index contributed by atoms with van der Waals surface area (Å²) in [7, 11) is 0. The Morgan fingerprint density at radius 1 is 1.47 bits per heavy atom. The van der Waals surface area contributed by atoms with E-state index in [9.17, 15) is 0 Å². The maximum absolute atomic E-state index is 5.77. The number of rotatable bonds is 1. The van der Waals surface area contributed by atoms with Crippen molar-refractivity contribution in [2.24, 2.45) is 10.7 Å². The van der Waals surface area contributed by atoms with E-state index >= 15 is 0 Å². The van der Waals surface area contributed by atoms with Crippen LogP contribution in [-0.4, -0.2) is 16.5 Å². The van der Waals surface area contributed by atoms with Gasteiger partial charge in [-0.25, -0.2) is 4.99 Å². The number of hydrogen-bond donors (Lipinski definition) is 2. The lowest BCUT2D eigenvalue weighted by Crippen LogP contribution is -2.27. The second kappa shape index (κ2) is 4.29. The number of aryl methyl sites for hydroxylation is 1. The maximum atomic E-state index is 5.77. The highest BCUT2D eigenvalue weighted by molar-refractivity contribution is 5.92. The van der Waals surface area contributed by atoms with Crippen LogP contribution in [0.1, 0.15) is 26.5 Å². The van der Waals surface area contributed by atoms with E-state index in [0.29, 0.717) is 5.96 Å². The molecule has 0 aromatic carbocycles. The minimum Gasteiger partial charge on any atom is -0.370 e. The summed E-state index contributed by atoms with van der Waals surface area (Å²) in [6.07, 6.45) is 1.75. The summed E-state index contributed by atoms with van der Waals surface area (Å²) in [6, 6.07) is 3.78. The first kappa shape index (κ1) is 11.5. The second-order valence-electron chi connectivity index (χ2n) is 4.43. The number of anilines is 1. The molecule has 4 heteroatoms.